The van der Waals surface area contributed by atoms with Gasteiger partial charge in [0, 0.05) is 11.6 Å². The maximum atomic E-state index is 6.35. The summed E-state index contributed by atoms with van der Waals surface area (Å²) in [5.74, 6) is 0.892. The maximum absolute atomic E-state index is 6.35. The zero-order valence-corrected chi connectivity index (χ0v) is 13.6. The molecule has 0 fully saturated rings. The molecule has 0 bridgehead atoms. The molecular formula is C18H22ClNO. The van der Waals surface area contributed by atoms with E-state index in [4.69, 9.17) is 16.3 Å². The summed E-state index contributed by atoms with van der Waals surface area (Å²) in [6.07, 6.45) is 0.190. The highest BCUT2D eigenvalue weighted by Gasteiger charge is 2.04. The Labute approximate surface area is 132 Å². The van der Waals surface area contributed by atoms with E-state index >= 15 is 0 Å². The summed E-state index contributed by atoms with van der Waals surface area (Å²) >= 11 is 6.35. The van der Waals surface area contributed by atoms with Crippen LogP contribution in [-0.4, -0.2) is 12.6 Å². The van der Waals surface area contributed by atoms with Crippen molar-refractivity contribution in [1.29, 1.82) is 0 Å². The zero-order chi connectivity index (χ0) is 15.2. The highest BCUT2D eigenvalue weighted by atomic mass is 35.5. The number of rotatable bonds is 6. The summed E-state index contributed by atoms with van der Waals surface area (Å²) in [5, 5.41) is 4.09. The van der Waals surface area contributed by atoms with E-state index < -0.39 is 0 Å². The molecule has 0 saturated carbocycles. The van der Waals surface area contributed by atoms with Crippen molar-refractivity contribution in [2.75, 3.05) is 6.54 Å². The molecule has 21 heavy (non-hydrogen) atoms. The topological polar surface area (TPSA) is 21.3 Å². The third-order valence-corrected chi connectivity index (χ3v) is 3.53. The van der Waals surface area contributed by atoms with Crippen molar-refractivity contribution >= 4 is 11.6 Å². The number of hydrogen-bond donors (Lipinski definition) is 1. The summed E-state index contributed by atoms with van der Waals surface area (Å²) in [7, 11) is 0. The van der Waals surface area contributed by atoms with Gasteiger partial charge in [-0.1, -0.05) is 42.8 Å². The van der Waals surface area contributed by atoms with Crippen LogP contribution in [0.25, 0.3) is 11.1 Å². The van der Waals surface area contributed by atoms with Crippen LogP contribution in [0.4, 0.5) is 0 Å². The van der Waals surface area contributed by atoms with Crippen LogP contribution in [0, 0.1) is 0 Å². The van der Waals surface area contributed by atoms with E-state index in [-0.39, 0.29) is 6.10 Å². The van der Waals surface area contributed by atoms with Gasteiger partial charge in [-0.25, -0.2) is 0 Å². The fraction of sp³-hybridized carbons (Fsp3) is 0.333. The minimum atomic E-state index is 0.190. The monoisotopic (exact) mass is 303 g/mol. The summed E-state index contributed by atoms with van der Waals surface area (Å²) in [6.45, 7) is 7.88. The van der Waals surface area contributed by atoms with E-state index in [2.05, 4.69) is 36.5 Å². The van der Waals surface area contributed by atoms with Crippen LogP contribution in [-0.2, 0) is 6.54 Å². The lowest BCUT2D eigenvalue weighted by atomic mass is 10.0. The molecule has 3 heteroatoms. The quantitative estimate of drug-likeness (QED) is 0.819. The van der Waals surface area contributed by atoms with Crippen LogP contribution in [0.5, 0.6) is 5.75 Å². The number of halogens is 1. The van der Waals surface area contributed by atoms with Crippen LogP contribution in [0.1, 0.15) is 26.3 Å². The third-order valence-electron chi connectivity index (χ3n) is 3.18. The van der Waals surface area contributed by atoms with Crippen LogP contribution >= 0.6 is 11.6 Å². The highest BCUT2D eigenvalue weighted by Crippen LogP contribution is 2.27. The molecule has 2 aromatic rings. The van der Waals surface area contributed by atoms with Gasteiger partial charge in [0.25, 0.3) is 0 Å². The number of benzene rings is 2. The second-order valence-electron chi connectivity index (χ2n) is 5.28. The molecule has 2 rings (SSSR count). The van der Waals surface area contributed by atoms with E-state index in [9.17, 15) is 0 Å². The normalized spacial score (nSPS) is 10.9. The second kappa shape index (κ2) is 7.48. The van der Waals surface area contributed by atoms with Gasteiger partial charge in [0.15, 0.2) is 0 Å². The Morgan fingerprint density at radius 3 is 2.29 bits per heavy atom. The average Bonchev–Trinajstić information content (AvgIpc) is 2.46. The molecule has 0 spiro atoms. The van der Waals surface area contributed by atoms with Gasteiger partial charge in [0.2, 0.25) is 0 Å². The summed E-state index contributed by atoms with van der Waals surface area (Å²) < 4.78 is 5.66. The molecule has 1 N–H and O–H groups in total. The molecule has 0 aliphatic carbocycles. The van der Waals surface area contributed by atoms with Crippen molar-refractivity contribution in [3.63, 3.8) is 0 Å². The molecule has 0 saturated heterocycles. The smallest absolute Gasteiger partial charge is 0.119 e. The van der Waals surface area contributed by atoms with Gasteiger partial charge in [-0.2, -0.15) is 0 Å². The minimum Gasteiger partial charge on any atom is -0.491 e. The Kier molecular flexibility index (Phi) is 5.66. The van der Waals surface area contributed by atoms with Crippen LogP contribution < -0.4 is 10.1 Å². The largest absolute Gasteiger partial charge is 0.491 e. The predicted molar refractivity (Wildman–Crippen MR) is 90.0 cm³/mol. The van der Waals surface area contributed by atoms with Gasteiger partial charge in [0.05, 0.1) is 6.10 Å². The van der Waals surface area contributed by atoms with E-state index in [1.54, 1.807) is 0 Å². The zero-order valence-electron chi connectivity index (χ0n) is 12.8. The highest BCUT2D eigenvalue weighted by molar-refractivity contribution is 6.31. The van der Waals surface area contributed by atoms with Crippen LogP contribution in [0.15, 0.2) is 42.5 Å². The van der Waals surface area contributed by atoms with Gasteiger partial charge in [0.1, 0.15) is 5.75 Å². The van der Waals surface area contributed by atoms with E-state index in [0.717, 1.165) is 40.6 Å². The van der Waals surface area contributed by atoms with E-state index in [1.165, 1.54) is 0 Å². The van der Waals surface area contributed by atoms with Gasteiger partial charge in [-0.15, -0.1) is 0 Å². The third kappa shape index (κ3) is 4.48. The first kappa shape index (κ1) is 15.9. The maximum Gasteiger partial charge on any atom is 0.119 e. The van der Waals surface area contributed by atoms with Crippen molar-refractivity contribution < 1.29 is 4.74 Å². The van der Waals surface area contributed by atoms with E-state index in [1.807, 2.05) is 32.0 Å². The van der Waals surface area contributed by atoms with Gasteiger partial charge in [-0.3, -0.25) is 0 Å². The lowest BCUT2D eigenvalue weighted by Gasteiger charge is -2.11. The van der Waals surface area contributed by atoms with Crippen LogP contribution in [0.3, 0.4) is 0 Å². The first-order valence-electron chi connectivity index (χ1n) is 7.36. The molecule has 0 atom stereocenters. The molecule has 0 aromatic heterocycles. The number of ether oxygens (including phenoxy) is 1. The summed E-state index contributed by atoms with van der Waals surface area (Å²) in [4.78, 5) is 0. The lowest BCUT2D eigenvalue weighted by Crippen LogP contribution is -2.11. The predicted octanol–water partition coefficient (Wildman–Crippen LogP) is 4.90. The molecule has 112 valence electrons. The van der Waals surface area contributed by atoms with Crippen LogP contribution in [0.2, 0.25) is 5.02 Å². The fourth-order valence-electron chi connectivity index (χ4n) is 2.13. The Balaban J connectivity index is 2.16. The van der Waals surface area contributed by atoms with Crippen molar-refractivity contribution in [3.8, 4) is 16.9 Å². The molecule has 0 unspecified atom stereocenters. The molecular weight excluding hydrogens is 282 g/mol. The van der Waals surface area contributed by atoms with E-state index in [0.29, 0.717) is 0 Å². The van der Waals surface area contributed by atoms with Gasteiger partial charge >= 0.3 is 0 Å². The molecule has 0 amide bonds. The summed E-state index contributed by atoms with van der Waals surface area (Å²) in [6, 6.07) is 14.3. The van der Waals surface area contributed by atoms with Gasteiger partial charge in [-0.05, 0) is 55.3 Å². The molecule has 0 radical (unpaired) electrons. The Morgan fingerprint density at radius 1 is 1.05 bits per heavy atom. The first-order valence-corrected chi connectivity index (χ1v) is 7.74. The van der Waals surface area contributed by atoms with Crippen molar-refractivity contribution in [1.82, 2.24) is 5.32 Å². The second-order valence-corrected chi connectivity index (χ2v) is 5.68. The molecule has 0 aliphatic heterocycles. The van der Waals surface area contributed by atoms with Crippen molar-refractivity contribution in [2.24, 2.45) is 0 Å². The Hall–Kier alpha value is -1.51. The minimum absolute atomic E-state index is 0.190. The first-order chi connectivity index (χ1) is 10.1. The molecule has 0 heterocycles. The summed E-state index contributed by atoms with van der Waals surface area (Å²) in [5.41, 5.74) is 3.39. The standard InChI is InChI=1S/C18H22ClNO/c1-4-20-12-16-6-5-15(11-18(16)19)14-7-9-17(10-8-14)21-13(2)3/h5-11,13,20H,4,12H2,1-3H3. The number of hydrogen-bond acceptors (Lipinski definition) is 2. The number of nitrogens with one attached hydrogen (secondary N) is 1. The Bertz CT molecular complexity index is 578. The Morgan fingerprint density at radius 2 is 1.71 bits per heavy atom. The van der Waals surface area contributed by atoms with Crippen molar-refractivity contribution in [3.05, 3.63) is 53.1 Å². The van der Waals surface area contributed by atoms with Crippen molar-refractivity contribution in [2.45, 2.75) is 33.4 Å². The molecule has 2 nitrogen and oxygen atoms in total. The van der Waals surface area contributed by atoms with Gasteiger partial charge < -0.3 is 10.1 Å². The lowest BCUT2D eigenvalue weighted by molar-refractivity contribution is 0.242. The fourth-order valence-corrected chi connectivity index (χ4v) is 2.38. The molecule has 0 aliphatic rings. The SMILES string of the molecule is CCNCc1ccc(-c2ccc(OC(C)C)cc2)cc1Cl. The average molecular weight is 304 g/mol. The molecule has 2 aromatic carbocycles.